The maximum Gasteiger partial charge on any atom is 0.247 e. The summed E-state index contributed by atoms with van der Waals surface area (Å²) in [6.45, 7) is 16.4. The third kappa shape index (κ3) is 5.00. The summed E-state index contributed by atoms with van der Waals surface area (Å²) < 4.78 is -0.993. The van der Waals surface area contributed by atoms with Crippen molar-refractivity contribution >= 4 is 29.5 Å². The average molecular weight is 520 g/mol. The number of aliphatic hydroxyl groups excluding tert-OH is 1. The molecule has 3 rings (SSSR count). The molecule has 1 N–H and O–H groups in total. The van der Waals surface area contributed by atoms with Crippen molar-refractivity contribution < 1.29 is 19.5 Å². The molecule has 1 spiro atoms. The number of nitrogens with zero attached hydrogens (tertiary/aromatic N) is 3. The molecule has 36 heavy (non-hydrogen) atoms. The van der Waals surface area contributed by atoms with Crippen molar-refractivity contribution in [1.82, 2.24) is 14.7 Å². The monoisotopic (exact) mass is 519 g/mol. The molecule has 3 heterocycles. The SMILES string of the molecule is C=CCN(CCCCC)C(=O)C1N(CCCO)C(=O)[C@@H]2[C@H](C(=O)N(CC=C)CCC)[C@]3(C)CCC12S3. The van der Waals surface area contributed by atoms with Gasteiger partial charge >= 0.3 is 0 Å². The van der Waals surface area contributed by atoms with Crippen molar-refractivity contribution in [1.29, 1.82) is 0 Å². The Morgan fingerprint density at radius 3 is 2.31 bits per heavy atom. The summed E-state index contributed by atoms with van der Waals surface area (Å²) in [5, 5.41) is 9.56. The van der Waals surface area contributed by atoms with Gasteiger partial charge in [0.05, 0.1) is 16.6 Å². The molecule has 3 saturated heterocycles. The Labute approximate surface area is 221 Å². The van der Waals surface area contributed by atoms with Crippen molar-refractivity contribution in [3.8, 4) is 0 Å². The summed E-state index contributed by atoms with van der Waals surface area (Å²) in [6, 6.07) is -0.619. The molecular weight excluding hydrogens is 474 g/mol. The first-order valence-electron chi connectivity index (χ1n) is 13.7. The van der Waals surface area contributed by atoms with Crippen molar-refractivity contribution in [3.05, 3.63) is 25.3 Å². The molecule has 3 aliphatic rings. The molecule has 2 bridgehead atoms. The fourth-order valence-corrected chi connectivity index (χ4v) is 8.99. The Hall–Kier alpha value is -1.80. The lowest BCUT2D eigenvalue weighted by Crippen LogP contribution is -2.55. The van der Waals surface area contributed by atoms with Crippen LogP contribution >= 0.6 is 11.8 Å². The normalized spacial score (nSPS) is 30.4. The van der Waals surface area contributed by atoms with Gasteiger partial charge in [-0.2, -0.15) is 0 Å². The van der Waals surface area contributed by atoms with Crippen LogP contribution in [0.1, 0.15) is 65.7 Å². The molecule has 0 saturated carbocycles. The molecule has 0 aromatic carbocycles. The Balaban J connectivity index is 2.02. The molecule has 5 atom stereocenters. The quantitative estimate of drug-likeness (QED) is 0.265. The van der Waals surface area contributed by atoms with Crippen molar-refractivity contribution in [2.24, 2.45) is 11.8 Å². The summed E-state index contributed by atoms with van der Waals surface area (Å²) in [5.41, 5.74) is 0. The molecule has 7 nitrogen and oxygen atoms in total. The van der Waals surface area contributed by atoms with Gasteiger partial charge in [-0.3, -0.25) is 14.4 Å². The fourth-order valence-electron chi connectivity index (χ4n) is 6.65. The van der Waals surface area contributed by atoms with E-state index in [-0.39, 0.29) is 29.1 Å². The van der Waals surface area contributed by atoms with Crippen LogP contribution in [0.4, 0.5) is 0 Å². The largest absolute Gasteiger partial charge is 0.396 e. The van der Waals surface area contributed by atoms with Gasteiger partial charge in [-0.15, -0.1) is 24.9 Å². The number of aliphatic hydroxyl groups is 1. The first-order chi connectivity index (χ1) is 17.3. The zero-order valence-corrected chi connectivity index (χ0v) is 23.2. The predicted molar refractivity (Wildman–Crippen MR) is 146 cm³/mol. The zero-order chi connectivity index (χ0) is 26.5. The number of likely N-dealkylation sites (tertiary alicyclic amines) is 1. The average Bonchev–Trinajstić information content (AvgIpc) is 3.42. The molecule has 0 radical (unpaired) electrons. The lowest BCUT2D eigenvalue weighted by Gasteiger charge is -2.38. The Bertz CT molecular complexity index is 851. The maximum absolute atomic E-state index is 14.2. The Morgan fingerprint density at radius 2 is 1.72 bits per heavy atom. The smallest absolute Gasteiger partial charge is 0.247 e. The first-order valence-corrected chi connectivity index (χ1v) is 14.5. The number of hydrogen-bond acceptors (Lipinski definition) is 5. The van der Waals surface area contributed by atoms with Gasteiger partial charge in [0.1, 0.15) is 6.04 Å². The van der Waals surface area contributed by atoms with Gasteiger partial charge in [-0.1, -0.05) is 38.8 Å². The predicted octanol–water partition coefficient (Wildman–Crippen LogP) is 3.48. The van der Waals surface area contributed by atoms with Crippen LogP contribution in [0.15, 0.2) is 25.3 Å². The number of carbonyl (C=O) groups is 3. The van der Waals surface area contributed by atoms with Crippen LogP contribution in [0.5, 0.6) is 0 Å². The highest BCUT2D eigenvalue weighted by Crippen LogP contribution is 2.71. The van der Waals surface area contributed by atoms with Gasteiger partial charge in [0.15, 0.2) is 0 Å². The van der Waals surface area contributed by atoms with Gasteiger partial charge in [0.2, 0.25) is 17.7 Å². The molecule has 0 aromatic rings. The molecule has 0 aliphatic carbocycles. The van der Waals surface area contributed by atoms with Gasteiger partial charge in [-0.05, 0) is 39.0 Å². The minimum Gasteiger partial charge on any atom is -0.396 e. The number of rotatable bonds is 15. The molecule has 8 heteroatoms. The second-order valence-electron chi connectivity index (χ2n) is 10.7. The highest BCUT2D eigenvalue weighted by Gasteiger charge is 2.77. The van der Waals surface area contributed by atoms with Crippen molar-refractivity contribution in [3.63, 3.8) is 0 Å². The second kappa shape index (κ2) is 12.2. The number of unbranched alkanes of at least 4 members (excludes halogenated alkanes) is 2. The minimum absolute atomic E-state index is 0.00720. The zero-order valence-electron chi connectivity index (χ0n) is 22.4. The van der Waals surface area contributed by atoms with E-state index >= 15 is 0 Å². The van der Waals surface area contributed by atoms with Gasteiger partial charge in [0, 0.05) is 44.1 Å². The standard InChI is InChI=1S/C28H45N3O4S/c1-6-10-11-18-30(17-9-4)26(35)23-28-14-13-27(5,36-28)21(24(33)29(15-7-2)16-8-3)22(28)25(34)31(23)19-12-20-32/h7,9,21-23,32H,2,4,6,8,10-20H2,1,3,5H3/t21-,22+,23?,27+,28?/m1/s1. The molecule has 202 valence electrons. The third-order valence-electron chi connectivity index (χ3n) is 8.18. The van der Waals surface area contributed by atoms with Crippen LogP contribution in [-0.4, -0.2) is 92.4 Å². The van der Waals surface area contributed by atoms with Crippen LogP contribution in [0.25, 0.3) is 0 Å². The summed E-state index contributed by atoms with van der Waals surface area (Å²) in [6.07, 6.45) is 9.28. The highest BCUT2D eigenvalue weighted by atomic mass is 32.2. The van der Waals surface area contributed by atoms with E-state index in [2.05, 4.69) is 27.0 Å². The molecule has 0 aromatic heterocycles. The van der Waals surface area contributed by atoms with E-state index in [1.165, 1.54) is 0 Å². The number of fused-ring (bicyclic) bond motifs is 1. The minimum atomic E-state index is -0.619. The van der Waals surface area contributed by atoms with Crippen LogP contribution in [-0.2, 0) is 14.4 Å². The third-order valence-corrected chi connectivity index (χ3v) is 10.2. The second-order valence-corrected chi connectivity index (χ2v) is 12.6. The summed E-state index contributed by atoms with van der Waals surface area (Å²) in [5.74, 6) is -1.11. The molecule has 3 amide bonds. The van der Waals surface area contributed by atoms with E-state index in [0.29, 0.717) is 39.1 Å². The van der Waals surface area contributed by atoms with Crippen LogP contribution < -0.4 is 0 Å². The van der Waals surface area contributed by atoms with Crippen LogP contribution in [0.2, 0.25) is 0 Å². The van der Waals surface area contributed by atoms with Gasteiger partial charge < -0.3 is 19.8 Å². The summed E-state index contributed by atoms with van der Waals surface area (Å²) in [4.78, 5) is 47.6. The van der Waals surface area contributed by atoms with Gasteiger partial charge in [-0.25, -0.2) is 0 Å². The topological polar surface area (TPSA) is 81.2 Å². The van der Waals surface area contributed by atoms with Gasteiger partial charge in [0.25, 0.3) is 0 Å². The van der Waals surface area contributed by atoms with Crippen molar-refractivity contribution in [2.45, 2.75) is 81.3 Å². The van der Waals surface area contributed by atoms with E-state index in [1.54, 1.807) is 28.8 Å². The number of amides is 3. The van der Waals surface area contributed by atoms with Crippen molar-refractivity contribution in [2.75, 3.05) is 39.3 Å². The summed E-state index contributed by atoms with van der Waals surface area (Å²) in [7, 11) is 0. The number of thioether (sulfide) groups is 1. The Kier molecular flexibility index (Phi) is 9.72. The van der Waals surface area contributed by atoms with Crippen LogP contribution in [0.3, 0.4) is 0 Å². The van der Waals surface area contributed by atoms with E-state index < -0.39 is 22.6 Å². The number of hydrogen-bond donors (Lipinski definition) is 1. The molecule has 2 unspecified atom stereocenters. The Morgan fingerprint density at radius 1 is 1.06 bits per heavy atom. The first kappa shape index (κ1) is 28.8. The molecule has 3 fully saturated rings. The summed E-state index contributed by atoms with van der Waals surface area (Å²) >= 11 is 1.71. The van der Waals surface area contributed by atoms with E-state index in [0.717, 1.165) is 38.5 Å². The van der Waals surface area contributed by atoms with Crippen LogP contribution in [0, 0.1) is 11.8 Å². The molecular formula is C28H45N3O4S. The number of carbonyl (C=O) groups excluding carboxylic acids is 3. The maximum atomic E-state index is 14.2. The van der Waals surface area contributed by atoms with E-state index in [1.807, 2.05) is 16.7 Å². The lowest BCUT2D eigenvalue weighted by atomic mass is 9.66. The molecule has 3 aliphatic heterocycles. The fraction of sp³-hybridized carbons (Fsp3) is 0.750. The van der Waals surface area contributed by atoms with E-state index in [9.17, 15) is 19.5 Å². The lowest BCUT2D eigenvalue weighted by molar-refractivity contribution is -0.145. The van der Waals surface area contributed by atoms with E-state index in [4.69, 9.17) is 0 Å². The highest BCUT2D eigenvalue weighted by molar-refractivity contribution is 8.02.